The van der Waals surface area contributed by atoms with Crippen molar-refractivity contribution < 1.29 is 14.6 Å². The van der Waals surface area contributed by atoms with Crippen molar-refractivity contribution in [3.63, 3.8) is 0 Å². The number of nitrogens with zero attached hydrogens (tertiary/aromatic N) is 1. The molecule has 3 rings (SSSR count). The van der Waals surface area contributed by atoms with Gasteiger partial charge in [0.25, 0.3) is 0 Å². The molecule has 5 nitrogen and oxygen atoms in total. The van der Waals surface area contributed by atoms with Gasteiger partial charge in [0.2, 0.25) is 5.43 Å². The lowest BCUT2D eigenvalue weighted by atomic mass is 10.1. The maximum atomic E-state index is 12.3. The molecule has 0 saturated carbocycles. The largest absolute Gasteiger partial charge is 0.477 e. The van der Waals surface area contributed by atoms with Crippen molar-refractivity contribution in [3.8, 4) is 0 Å². The fourth-order valence-electron chi connectivity index (χ4n) is 2.74. The summed E-state index contributed by atoms with van der Waals surface area (Å²) >= 11 is 3.41. The van der Waals surface area contributed by atoms with E-state index in [0.29, 0.717) is 18.6 Å². The van der Waals surface area contributed by atoms with Crippen LogP contribution in [0.5, 0.6) is 0 Å². The molecule has 1 N–H and O–H groups in total. The van der Waals surface area contributed by atoms with Crippen LogP contribution < -0.4 is 5.43 Å². The lowest BCUT2D eigenvalue weighted by Gasteiger charge is -2.26. The molecular formula is C15H14BrNO4. The number of hydrogen-bond acceptors (Lipinski definition) is 3. The monoisotopic (exact) mass is 351 g/mol. The zero-order chi connectivity index (χ0) is 15.0. The quantitative estimate of drug-likeness (QED) is 0.903. The van der Waals surface area contributed by atoms with E-state index in [1.807, 2.05) is 10.6 Å². The average molecular weight is 352 g/mol. The van der Waals surface area contributed by atoms with E-state index in [2.05, 4.69) is 15.9 Å². The molecule has 1 fully saturated rings. The topological polar surface area (TPSA) is 68.5 Å². The molecule has 0 radical (unpaired) electrons. The molecule has 1 saturated heterocycles. The summed E-state index contributed by atoms with van der Waals surface area (Å²) < 4.78 is 8.13. The number of pyridine rings is 1. The second-order valence-electron chi connectivity index (χ2n) is 5.09. The van der Waals surface area contributed by atoms with E-state index in [4.69, 9.17) is 4.74 Å². The maximum Gasteiger partial charge on any atom is 0.341 e. The molecule has 110 valence electrons. The molecule has 1 aromatic heterocycles. The summed E-state index contributed by atoms with van der Waals surface area (Å²) in [6.45, 7) is 1.30. The average Bonchev–Trinajstić information content (AvgIpc) is 2.48. The van der Waals surface area contributed by atoms with Crippen molar-refractivity contribution in [1.29, 1.82) is 0 Å². The third-order valence-electron chi connectivity index (χ3n) is 3.81. The Morgan fingerprint density at radius 2 is 2.05 bits per heavy atom. The van der Waals surface area contributed by atoms with Gasteiger partial charge >= 0.3 is 5.97 Å². The summed E-state index contributed by atoms with van der Waals surface area (Å²) in [6.07, 6.45) is 3.09. The Kier molecular flexibility index (Phi) is 3.82. The first-order valence-corrected chi connectivity index (χ1v) is 7.52. The predicted octanol–water partition coefficient (Wildman–Crippen LogP) is 2.81. The van der Waals surface area contributed by atoms with Gasteiger partial charge in [0.15, 0.2) is 0 Å². The SMILES string of the molecule is O=C(O)c1cn(C2CCOCC2)c2cc(Br)ccc2c1=O. The molecule has 6 heteroatoms. The first kappa shape index (κ1) is 14.3. The number of ether oxygens (including phenoxy) is 1. The Morgan fingerprint density at radius 1 is 1.33 bits per heavy atom. The van der Waals surface area contributed by atoms with Crippen LogP contribution in [0.1, 0.15) is 29.2 Å². The molecule has 2 aromatic rings. The zero-order valence-electron chi connectivity index (χ0n) is 11.2. The van der Waals surface area contributed by atoms with Crippen molar-refractivity contribution in [2.75, 3.05) is 13.2 Å². The van der Waals surface area contributed by atoms with Crippen LogP contribution in [-0.4, -0.2) is 28.9 Å². The second-order valence-corrected chi connectivity index (χ2v) is 6.01. The number of halogens is 1. The molecule has 2 heterocycles. The number of carboxylic acid groups (broad SMARTS) is 1. The van der Waals surface area contributed by atoms with Crippen LogP contribution in [0, 0.1) is 0 Å². The number of rotatable bonds is 2. The Labute approximate surface area is 129 Å². The fourth-order valence-corrected chi connectivity index (χ4v) is 3.09. The third-order valence-corrected chi connectivity index (χ3v) is 4.30. The fraction of sp³-hybridized carbons (Fsp3) is 0.333. The van der Waals surface area contributed by atoms with Gasteiger partial charge in [-0.05, 0) is 31.0 Å². The molecule has 0 atom stereocenters. The minimum atomic E-state index is -1.19. The smallest absolute Gasteiger partial charge is 0.341 e. The van der Waals surface area contributed by atoms with Crippen molar-refractivity contribution in [2.24, 2.45) is 0 Å². The molecule has 1 aliphatic heterocycles. The van der Waals surface area contributed by atoms with Crippen LogP contribution >= 0.6 is 15.9 Å². The molecule has 21 heavy (non-hydrogen) atoms. The highest BCUT2D eigenvalue weighted by molar-refractivity contribution is 9.10. The summed E-state index contributed by atoms with van der Waals surface area (Å²) in [6, 6.07) is 5.43. The standard InChI is InChI=1S/C15H14BrNO4/c16-9-1-2-11-13(7-9)17(10-3-5-21-6-4-10)8-12(14(11)18)15(19)20/h1-2,7-8,10H,3-6H2,(H,19,20). The van der Waals surface area contributed by atoms with E-state index in [-0.39, 0.29) is 11.6 Å². The molecule has 0 bridgehead atoms. The molecule has 0 unspecified atom stereocenters. The van der Waals surface area contributed by atoms with Gasteiger partial charge in [-0.3, -0.25) is 4.79 Å². The van der Waals surface area contributed by atoms with Crippen LogP contribution in [0.25, 0.3) is 10.9 Å². The Hall–Kier alpha value is -1.66. The number of carboxylic acids is 1. The molecule has 1 aliphatic rings. The highest BCUT2D eigenvalue weighted by Crippen LogP contribution is 2.27. The van der Waals surface area contributed by atoms with Gasteiger partial charge in [-0.25, -0.2) is 4.79 Å². The van der Waals surface area contributed by atoms with Crippen LogP contribution in [0.4, 0.5) is 0 Å². The van der Waals surface area contributed by atoms with E-state index in [1.54, 1.807) is 12.1 Å². The van der Waals surface area contributed by atoms with Gasteiger partial charge in [-0.2, -0.15) is 0 Å². The lowest BCUT2D eigenvalue weighted by molar-refractivity contribution is 0.0681. The molecule has 0 amide bonds. The summed E-state index contributed by atoms with van der Waals surface area (Å²) in [5.74, 6) is -1.19. The lowest BCUT2D eigenvalue weighted by Crippen LogP contribution is -2.24. The highest BCUT2D eigenvalue weighted by atomic mass is 79.9. The number of carbonyl (C=O) groups is 1. The summed E-state index contributed by atoms with van der Waals surface area (Å²) in [5.41, 5.74) is 0.135. The molecule has 0 aliphatic carbocycles. The van der Waals surface area contributed by atoms with Crippen LogP contribution in [0.2, 0.25) is 0 Å². The molecule has 1 aromatic carbocycles. The Bertz CT molecular complexity index is 762. The number of benzene rings is 1. The highest BCUT2D eigenvalue weighted by Gasteiger charge is 2.21. The summed E-state index contributed by atoms with van der Waals surface area (Å²) in [5, 5.41) is 9.69. The van der Waals surface area contributed by atoms with E-state index >= 15 is 0 Å². The second kappa shape index (κ2) is 5.61. The van der Waals surface area contributed by atoms with Crippen molar-refractivity contribution in [3.05, 3.63) is 44.7 Å². The van der Waals surface area contributed by atoms with Gasteiger partial charge < -0.3 is 14.4 Å². The summed E-state index contributed by atoms with van der Waals surface area (Å²) in [4.78, 5) is 23.6. The van der Waals surface area contributed by atoms with Gasteiger partial charge in [0, 0.05) is 35.3 Å². The number of aromatic carboxylic acids is 1. The van der Waals surface area contributed by atoms with Crippen LogP contribution in [0.15, 0.2) is 33.7 Å². The minimum absolute atomic E-state index is 0.147. The van der Waals surface area contributed by atoms with Crippen molar-refractivity contribution in [2.45, 2.75) is 18.9 Å². The normalized spacial score (nSPS) is 16.2. The van der Waals surface area contributed by atoms with E-state index in [0.717, 1.165) is 22.8 Å². The van der Waals surface area contributed by atoms with Gasteiger partial charge in [0.05, 0.1) is 5.52 Å². The van der Waals surface area contributed by atoms with Crippen LogP contribution in [0.3, 0.4) is 0 Å². The van der Waals surface area contributed by atoms with Crippen molar-refractivity contribution >= 4 is 32.8 Å². The van der Waals surface area contributed by atoms with E-state index in [9.17, 15) is 14.7 Å². The number of hydrogen-bond donors (Lipinski definition) is 1. The maximum absolute atomic E-state index is 12.3. The van der Waals surface area contributed by atoms with Gasteiger partial charge in [-0.15, -0.1) is 0 Å². The van der Waals surface area contributed by atoms with Gasteiger partial charge in [0.1, 0.15) is 5.56 Å². The summed E-state index contributed by atoms with van der Waals surface area (Å²) in [7, 11) is 0. The van der Waals surface area contributed by atoms with Crippen LogP contribution in [-0.2, 0) is 4.74 Å². The number of fused-ring (bicyclic) bond motifs is 1. The first-order valence-electron chi connectivity index (χ1n) is 6.73. The third kappa shape index (κ3) is 2.61. The predicted molar refractivity (Wildman–Crippen MR) is 82.0 cm³/mol. The zero-order valence-corrected chi connectivity index (χ0v) is 12.8. The first-order chi connectivity index (χ1) is 10.1. The Morgan fingerprint density at radius 3 is 2.71 bits per heavy atom. The van der Waals surface area contributed by atoms with Gasteiger partial charge in [-0.1, -0.05) is 15.9 Å². The van der Waals surface area contributed by atoms with Crippen molar-refractivity contribution in [1.82, 2.24) is 4.57 Å². The van der Waals surface area contributed by atoms with E-state index < -0.39 is 11.4 Å². The van der Waals surface area contributed by atoms with E-state index in [1.165, 1.54) is 6.20 Å². The Balaban J connectivity index is 2.29. The molecule has 0 spiro atoms. The molecular weight excluding hydrogens is 338 g/mol. The number of aromatic nitrogens is 1. The minimum Gasteiger partial charge on any atom is -0.477 e.